The van der Waals surface area contributed by atoms with Gasteiger partial charge in [-0.1, -0.05) is 6.42 Å². The fraction of sp³-hybridized carbons (Fsp3) is 0.786. The van der Waals surface area contributed by atoms with Gasteiger partial charge in [0.1, 0.15) is 5.84 Å². The van der Waals surface area contributed by atoms with Crippen molar-refractivity contribution < 1.29 is 26.8 Å². The van der Waals surface area contributed by atoms with Gasteiger partial charge in [-0.3, -0.25) is 19.7 Å². The molecule has 0 aliphatic carbocycles. The molecule has 12 heteroatoms. The Labute approximate surface area is 151 Å². The number of rotatable bonds is 4. The number of amidine groups is 1. The molecule has 3 aliphatic rings. The fourth-order valence-corrected chi connectivity index (χ4v) is 4.23. The van der Waals surface area contributed by atoms with Crippen molar-refractivity contribution in [1.82, 2.24) is 20.2 Å². The molecule has 3 heterocycles. The van der Waals surface area contributed by atoms with E-state index in [2.05, 4.69) is 9.60 Å². The normalized spacial score (nSPS) is 29.8. The van der Waals surface area contributed by atoms with Crippen LogP contribution in [0.3, 0.4) is 0 Å². The van der Waals surface area contributed by atoms with Crippen molar-refractivity contribution in [3.63, 3.8) is 0 Å². The number of hydroxylamine groups is 2. The van der Waals surface area contributed by atoms with Crippen molar-refractivity contribution >= 4 is 28.2 Å². The molecule has 26 heavy (non-hydrogen) atoms. The number of carbonyl (C=O) groups excluding carboxylic acids is 2. The van der Waals surface area contributed by atoms with Crippen LogP contribution >= 0.6 is 0 Å². The summed E-state index contributed by atoms with van der Waals surface area (Å²) in [6.45, 7) is 0.990. The molecule has 2 bridgehead atoms. The van der Waals surface area contributed by atoms with Crippen molar-refractivity contribution in [2.24, 2.45) is 0 Å². The van der Waals surface area contributed by atoms with E-state index >= 15 is 0 Å². The first-order chi connectivity index (χ1) is 12.2. The van der Waals surface area contributed by atoms with Gasteiger partial charge < -0.3 is 10.2 Å². The van der Waals surface area contributed by atoms with Gasteiger partial charge in [0, 0.05) is 6.54 Å². The molecule has 0 aromatic carbocycles. The number of fused-ring (bicyclic) bond motifs is 2. The second kappa shape index (κ2) is 7.10. The number of likely N-dealkylation sites (tertiary alicyclic amines) is 1. The largest absolute Gasteiger partial charge is 0.418 e. The number of hydrogen-bond donors (Lipinski definition) is 3. The maximum atomic E-state index is 12.5. The summed E-state index contributed by atoms with van der Waals surface area (Å²) < 4.78 is 35.0. The average molecular weight is 389 g/mol. The highest BCUT2D eigenvalue weighted by atomic mass is 32.3. The molecule has 3 aliphatic heterocycles. The van der Waals surface area contributed by atoms with Gasteiger partial charge in [0.25, 0.3) is 0 Å². The Bertz CT molecular complexity index is 713. The smallest absolute Gasteiger partial charge is 0.312 e. The molecule has 11 nitrogen and oxygen atoms in total. The van der Waals surface area contributed by atoms with Gasteiger partial charge in [-0.15, -0.1) is 4.28 Å². The Kier molecular flexibility index (Phi) is 5.19. The summed E-state index contributed by atoms with van der Waals surface area (Å²) in [5.41, 5.74) is 0. The topological polar surface area (TPSA) is 143 Å². The molecule has 3 atom stereocenters. The fourth-order valence-electron chi connectivity index (χ4n) is 3.84. The van der Waals surface area contributed by atoms with E-state index in [-0.39, 0.29) is 24.3 Å². The third-order valence-corrected chi connectivity index (χ3v) is 5.51. The quantitative estimate of drug-likeness (QED) is 0.336. The Hall–Kier alpha value is -1.76. The number of urea groups is 1. The van der Waals surface area contributed by atoms with Crippen LogP contribution in [0.5, 0.6) is 0 Å². The zero-order valence-electron chi connectivity index (χ0n) is 14.4. The molecule has 0 spiro atoms. The lowest BCUT2D eigenvalue weighted by molar-refractivity contribution is -0.125. The molecule has 3 fully saturated rings. The Morgan fingerprint density at radius 3 is 2.65 bits per heavy atom. The Morgan fingerprint density at radius 2 is 2.00 bits per heavy atom. The summed E-state index contributed by atoms with van der Waals surface area (Å²) in [5.74, 6) is -0.355. The Morgan fingerprint density at radius 1 is 1.27 bits per heavy atom. The predicted octanol–water partition coefficient (Wildman–Crippen LogP) is -0.433. The summed E-state index contributed by atoms with van der Waals surface area (Å²) in [7, 11) is -2.94. The minimum absolute atomic E-state index is 0.0884. The van der Waals surface area contributed by atoms with Crippen LogP contribution in [0.15, 0.2) is 0 Å². The molecule has 3 unspecified atom stereocenters. The maximum Gasteiger partial charge on any atom is 0.418 e. The van der Waals surface area contributed by atoms with Gasteiger partial charge in [0.05, 0.1) is 18.1 Å². The molecule has 0 saturated carbocycles. The van der Waals surface area contributed by atoms with E-state index in [4.69, 9.17) is 9.96 Å². The molecule has 3 amide bonds. The molecule has 3 saturated heterocycles. The number of amides is 3. The van der Waals surface area contributed by atoms with Crippen LogP contribution in [0.4, 0.5) is 4.79 Å². The minimum atomic E-state index is -4.81. The zero-order valence-corrected chi connectivity index (χ0v) is 15.2. The van der Waals surface area contributed by atoms with Crippen LogP contribution in [0, 0.1) is 5.41 Å². The van der Waals surface area contributed by atoms with Crippen LogP contribution in [-0.2, 0) is 19.5 Å². The van der Waals surface area contributed by atoms with Gasteiger partial charge in [-0.05, 0) is 39.3 Å². The van der Waals surface area contributed by atoms with Crippen LogP contribution in [0.2, 0.25) is 0 Å². The van der Waals surface area contributed by atoms with E-state index in [0.717, 1.165) is 25.8 Å². The number of hydrogen-bond acceptors (Lipinski definition) is 7. The second-order valence-electron chi connectivity index (χ2n) is 6.91. The highest BCUT2D eigenvalue weighted by Gasteiger charge is 2.48. The average Bonchev–Trinajstić information content (AvgIpc) is 2.78. The van der Waals surface area contributed by atoms with E-state index in [9.17, 15) is 18.0 Å². The van der Waals surface area contributed by atoms with Crippen LogP contribution in [0.1, 0.15) is 32.1 Å². The number of carbonyl (C=O) groups is 2. The molecular formula is C14H23N5O6S. The van der Waals surface area contributed by atoms with Gasteiger partial charge in [0.15, 0.2) is 0 Å². The third kappa shape index (κ3) is 3.82. The number of likely N-dealkylation sites (N-methyl/N-ethyl adjacent to an activating group) is 1. The predicted molar refractivity (Wildman–Crippen MR) is 89.5 cm³/mol. The van der Waals surface area contributed by atoms with Crippen molar-refractivity contribution in [3.8, 4) is 0 Å². The summed E-state index contributed by atoms with van der Waals surface area (Å²) in [5, 5.41) is 11.4. The van der Waals surface area contributed by atoms with E-state index < -0.39 is 28.5 Å². The standard InChI is InChI=1S/C14H23N5O6S/c1-17-7-3-2-4-11(17)13(20)16-12(15)10-6-5-9-8-18(10)14(21)19(9)25-26(22,23)24/h9-11H,2-8H2,1H3,(H2,15,16,20)(H,22,23,24). The lowest BCUT2D eigenvalue weighted by atomic mass is 9.99. The molecule has 0 radical (unpaired) electrons. The monoisotopic (exact) mass is 389 g/mol. The van der Waals surface area contributed by atoms with Gasteiger partial charge >= 0.3 is 16.4 Å². The number of piperidine rings is 2. The third-order valence-electron chi connectivity index (χ3n) is 5.16. The summed E-state index contributed by atoms with van der Waals surface area (Å²) >= 11 is 0. The lowest BCUT2D eigenvalue weighted by Gasteiger charge is -2.34. The molecule has 0 aromatic rings. The van der Waals surface area contributed by atoms with E-state index in [0.29, 0.717) is 17.9 Å². The van der Waals surface area contributed by atoms with Crippen molar-refractivity contribution in [2.45, 2.75) is 50.2 Å². The highest BCUT2D eigenvalue weighted by molar-refractivity contribution is 7.80. The minimum Gasteiger partial charge on any atom is -0.312 e. The lowest BCUT2D eigenvalue weighted by Crippen LogP contribution is -2.55. The van der Waals surface area contributed by atoms with Gasteiger partial charge in [0.2, 0.25) is 5.91 Å². The van der Waals surface area contributed by atoms with Crippen molar-refractivity contribution in [3.05, 3.63) is 0 Å². The SMILES string of the molecule is CN1CCCCC1C(=O)NC(=N)C1CCC2CN1C(=O)N2OS(=O)(=O)O. The summed E-state index contributed by atoms with van der Waals surface area (Å²) in [6, 6.07) is -2.22. The van der Waals surface area contributed by atoms with Crippen LogP contribution in [0.25, 0.3) is 0 Å². The molecule has 146 valence electrons. The summed E-state index contributed by atoms with van der Waals surface area (Å²) in [4.78, 5) is 28.0. The molecule has 3 N–H and O–H groups in total. The first kappa shape index (κ1) is 19.0. The first-order valence-electron chi connectivity index (χ1n) is 8.54. The molecular weight excluding hydrogens is 366 g/mol. The second-order valence-corrected chi connectivity index (χ2v) is 7.91. The van der Waals surface area contributed by atoms with E-state index in [1.807, 2.05) is 11.9 Å². The van der Waals surface area contributed by atoms with Gasteiger partial charge in [-0.2, -0.15) is 13.5 Å². The van der Waals surface area contributed by atoms with Crippen LogP contribution < -0.4 is 5.32 Å². The number of nitrogens with zero attached hydrogens (tertiary/aromatic N) is 3. The van der Waals surface area contributed by atoms with Crippen LogP contribution in [-0.4, -0.2) is 83.9 Å². The van der Waals surface area contributed by atoms with E-state index in [1.165, 1.54) is 4.90 Å². The van der Waals surface area contributed by atoms with Gasteiger partial charge in [-0.25, -0.2) is 4.79 Å². The summed E-state index contributed by atoms with van der Waals surface area (Å²) in [6.07, 6.45) is 3.49. The number of nitrogens with one attached hydrogen (secondary N) is 2. The van der Waals surface area contributed by atoms with Crippen molar-refractivity contribution in [2.75, 3.05) is 20.1 Å². The van der Waals surface area contributed by atoms with E-state index in [1.54, 1.807) is 0 Å². The first-order valence-corrected chi connectivity index (χ1v) is 9.90. The Balaban J connectivity index is 1.64. The van der Waals surface area contributed by atoms with Crippen molar-refractivity contribution in [1.29, 1.82) is 5.41 Å². The molecule has 0 aromatic heterocycles. The molecule has 3 rings (SSSR count). The highest BCUT2D eigenvalue weighted by Crippen LogP contribution is 2.30. The zero-order chi connectivity index (χ0) is 19.1. The maximum absolute atomic E-state index is 12.5.